The first-order valence-corrected chi connectivity index (χ1v) is 6.22. The number of hydrogen-bond donors (Lipinski definition) is 0. The average molecular weight is 264 g/mol. The van der Waals surface area contributed by atoms with E-state index < -0.39 is 0 Å². The number of methoxy groups -OCH3 is 2. The maximum Gasteiger partial charge on any atom is 0.161 e. The molecule has 1 aromatic carbocycles. The van der Waals surface area contributed by atoms with Crippen molar-refractivity contribution in [3.8, 4) is 11.5 Å². The van der Waals surface area contributed by atoms with E-state index in [1.165, 1.54) is 5.57 Å². The summed E-state index contributed by atoms with van der Waals surface area (Å²) in [5, 5.41) is 0. The van der Waals surface area contributed by atoms with Crippen LogP contribution in [0.1, 0.15) is 5.56 Å². The molecule has 1 aromatic rings. The fourth-order valence-electron chi connectivity index (χ4n) is 1.89. The molecule has 106 valence electrons. The van der Waals surface area contributed by atoms with Crippen molar-refractivity contribution >= 4 is 5.57 Å². The molecule has 0 radical (unpaired) electrons. The minimum atomic E-state index is 0.750. The van der Waals surface area contributed by atoms with Gasteiger partial charge in [-0.25, -0.2) is 0 Å². The first-order chi connectivity index (χ1) is 8.97. The topological polar surface area (TPSA) is 24.9 Å². The molecule has 0 aliphatic heterocycles. The van der Waals surface area contributed by atoms with Crippen molar-refractivity contribution in [3.05, 3.63) is 30.0 Å². The van der Waals surface area contributed by atoms with Crippen LogP contribution in [0.3, 0.4) is 0 Å². The molecule has 0 saturated carbocycles. The number of hydrogen-bond acceptors (Lipinski definition) is 4. The third-order valence-corrected chi connectivity index (χ3v) is 2.65. The summed E-state index contributed by atoms with van der Waals surface area (Å²) in [6.45, 7) is 0.869. The van der Waals surface area contributed by atoms with Gasteiger partial charge in [0.25, 0.3) is 0 Å². The zero-order valence-corrected chi connectivity index (χ0v) is 12.7. The van der Waals surface area contributed by atoms with Crippen LogP contribution >= 0.6 is 0 Å². The Hall–Kier alpha value is -1.68. The van der Waals surface area contributed by atoms with E-state index in [0.29, 0.717) is 0 Å². The van der Waals surface area contributed by atoms with E-state index in [1.54, 1.807) is 14.2 Å². The van der Waals surface area contributed by atoms with E-state index in [9.17, 15) is 0 Å². The largest absolute Gasteiger partial charge is 0.493 e. The number of benzene rings is 1. The van der Waals surface area contributed by atoms with Crippen molar-refractivity contribution in [2.45, 2.75) is 0 Å². The van der Waals surface area contributed by atoms with Crippen LogP contribution in [0.5, 0.6) is 11.5 Å². The molecular weight excluding hydrogens is 240 g/mol. The summed E-state index contributed by atoms with van der Waals surface area (Å²) in [6.07, 6.45) is 2.13. The van der Waals surface area contributed by atoms with Gasteiger partial charge in [-0.05, 0) is 37.4 Å². The Labute approximate surface area is 116 Å². The molecule has 4 heteroatoms. The Kier molecular flexibility index (Phi) is 5.70. The van der Waals surface area contributed by atoms with Gasteiger partial charge in [-0.3, -0.25) is 0 Å². The van der Waals surface area contributed by atoms with Gasteiger partial charge in [-0.2, -0.15) is 0 Å². The molecule has 0 aromatic heterocycles. The second-order valence-electron chi connectivity index (χ2n) is 4.93. The molecule has 19 heavy (non-hydrogen) atoms. The van der Waals surface area contributed by atoms with Crippen LogP contribution in [-0.2, 0) is 0 Å². The molecule has 0 saturated heterocycles. The Balaban J connectivity index is 3.15. The maximum absolute atomic E-state index is 5.36. The molecule has 0 amide bonds. The lowest BCUT2D eigenvalue weighted by molar-refractivity contribution is 0.355. The van der Waals surface area contributed by atoms with Crippen molar-refractivity contribution in [2.75, 3.05) is 49.0 Å². The van der Waals surface area contributed by atoms with Gasteiger partial charge in [0.05, 0.1) is 14.2 Å². The molecule has 4 nitrogen and oxygen atoms in total. The zero-order chi connectivity index (χ0) is 14.4. The van der Waals surface area contributed by atoms with Crippen LogP contribution in [0.2, 0.25) is 0 Å². The number of nitrogens with zero attached hydrogens (tertiary/aromatic N) is 2. The van der Waals surface area contributed by atoms with Crippen LogP contribution in [0.4, 0.5) is 0 Å². The highest BCUT2D eigenvalue weighted by Gasteiger charge is 2.09. The summed E-state index contributed by atoms with van der Waals surface area (Å²) in [7, 11) is 11.5. The van der Waals surface area contributed by atoms with Crippen molar-refractivity contribution < 1.29 is 9.47 Å². The molecule has 0 unspecified atom stereocenters. The Morgan fingerprint density at radius 3 is 2.16 bits per heavy atom. The zero-order valence-electron chi connectivity index (χ0n) is 12.7. The normalized spacial score (nSPS) is 11.6. The van der Waals surface area contributed by atoms with Gasteiger partial charge in [-0.1, -0.05) is 6.07 Å². The summed E-state index contributed by atoms with van der Waals surface area (Å²) in [5.41, 5.74) is 2.37. The molecule has 1 rings (SSSR count). The van der Waals surface area contributed by atoms with E-state index >= 15 is 0 Å². The van der Waals surface area contributed by atoms with Crippen LogP contribution in [-0.4, -0.2) is 58.8 Å². The lowest BCUT2D eigenvalue weighted by Crippen LogP contribution is -2.16. The second-order valence-corrected chi connectivity index (χ2v) is 4.93. The molecule has 0 atom stereocenters. The van der Waals surface area contributed by atoms with Crippen molar-refractivity contribution in [3.63, 3.8) is 0 Å². The quantitative estimate of drug-likeness (QED) is 0.786. The Morgan fingerprint density at radius 2 is 1.68 bits per heavy atom. The highest BCUT2D eigenvalue weighted by Crippen LogP contribution is 2.30. The first-order valence-electron chi connectivity index (χ1n) is 6.22. The summed E-state index contributed by atoms with van der Waals surface area (Å²) in [4.78, 5) is 4.20. The van der Waals surface area contributed by atoms with E-state index in [0.717, 1.165) is 23.6 Å². The average Bonchev–Trinajstić information content (AvgIpc) is 2.36. The van der Waals surface area contributed by atoms with E-state index in [4.69, 9.17) is 9.47 Å². The highest BCUT2D eigenvalue weighted by atomic mass is 16.5. The predicted octanol–water partition coefficient (Wildman–Crippen LogP) is 2.17. The van der Waals surface area contributed by atoms with Gasteiger partial charge >= 0.3 is 0 Å². The van der Waals surface area contributed by atoms with Crippen molar-refractivity contribution in [1.82, 2.24) is 9.80 Å². The lowest BCUT2D eigenvalue weighted by atomic mass is 10.1. The smallest absolute Gasteiger partial charge is 0.161 e. The fourth-order valence-corrected chi connectivity index (χ4v) is 1.89. The van der Waals surface area contributed by atoms with Gasteiger partial charge < -0.3 is 19.3 Å². The summed E-state index contributed by atoms with van der Waals surface area (Å²) < 4.78 is 10.6. The van der Waals surface area contributed by atoms with Crippen molar-refractivity contribution in [1.29, 1.82) is 0 Å². The van der Waals surface area contributed by atoms with Crippen LogP contribution < -0.4 is 9.47 Å². The van der Waals surface area contributed by atoms with Gasteiger partial charge in [0.2, 0.25) is 0 Å². The lowest BCUT2D eigenvalue weighted by Gasteiger charge is -2.18. The van der Waals surface area contributed by atoms with Crippen LogP contribution in [0.25, 0.3) is 5.57 Å². The molecule has 0 fully saturated rings. The van der Waals surface area contributed by atoms with E-state index in [2.05, 4.69) is 36.2 Å². The van der Waals surface area contributed by atoms with Crippen molar-refractivity contribution in [2.24, 2.45) is 0 Å². The van der Waals surface area contributed by atoms with E-state index in [1.807, 2.05) is 26.2 Å². The molecular formula is C15H24N2O2. The number of ether oxygens (including phenoxy) is 2. The van der Waals surface area contributed by atoms with Gasteiger partial charge in [-0.15, -0.1) is 0 Å². The third kappa shape index (κ3) is 4.48. The van der Waals surface area contributed by atoms with E-state index in [-0.39, 0.29) is 0 Å². The monoisotopic (exact) mass is 264 g/mol. The van der Waals surface area contributed by atoms with Crippen LogP contribution in [0, 0.1) is 0 Å². The third-order valence-electron chi connectivity index (χ3n) is 2.65. The molecule has 0 bridgehead atoms. The van der Waals surface area contributed by atoms with Gasteiger partial charge in [0.15, 0.2) is 11.5 Å². The molecule has 0 aliphatic rings. The summed E-state index contributed by atoms with van der Waals surface area (Å²) in [5.74, 6) is 1.50. The number of rotatable bonds is 6. The summed E-state index contributed by atoms with van der Waals surface area (Å²) >= 11 is 0. The highest BCUT2D eigenvalue weighted by molar-refractivity contribution is 5.69. The molecule has 0 heterocycles. The molecule has 0 aliphatic carbocycles. The number of likely N-dealkylation sites (N-methyl/N-ethyl adjacent to an activating group) is 1. The maximum atomic E-state index is 5.36. The predicted molar refractivity (Wildman–Crippen MR) is 79.8 cm³/mol. The summed E-state index contributed by atoms with van der Waals surface area (Å²) in [6, 6.07) is 6.01. The Bertz CT molecular complexity index is 440. The second kappa shape index (κ2) is 7.04. The van der Waals surface area contributed by atoms with Gasteiger partial charge in [0, 0.05) is 26.8 Å². The fraction of sp³-hybridized carbons (Fsp3) is 0.467. The molecule has 0 spiro atoms. The van der Waals surface area contributed by atoms with Crippen LogP contribution in [0.15, 0.2) is 24.4 Å². The molecule has 0 N–H and O–H groups in total. The Morgan fingerprint density at radius 1 is 1.05 bits per heavy atom. The minimum Gasteiger partial charge on any atom is -0.493 e. The van der Waals surface area contributed by atoms with Gasteiger partial charge in [0.1, 0.15) is 0 Å². The minimum absolute atomic E-state index is 0.750. The standard InChI is InChI=1S/C15H24N2O2/c1-16(2)10-13(11-17(3)4)12-7-8-14(18-5)15(9-12)19-6/h7-10H,11H2,1-6H3/b13-10-. The first kappa shape index (κ1) is 15.4. The SMILES string of the molecule is COc1ccc(/C(=C\N(C)C)CN(C)C)cc1OC.